The number of anilines is 3. The number of rotatable bonds is 4. The Hall–Kier alpha value is -1.34. The number of halogens is 2. The highest BCUT2D eigenvalue weighted by Crippen LogP contribution is 2.28. The average Bonchev–Trinajstić information content (AvgIpc) is 2.57. The van der Waals surface area contributed by atoms with Crippen LogP contribution in [-0.4, -0.2) is 22.6 Å². The van der Waals surface area contributed by atoms with Crippen molar-refractivity contribution in [1.82, 2.24) is 9.97 Å². The summed E-state index contributed by atoms with van der Waals surface area (Å²) >= 11 is 8.38. The smallest absolute Gasteiger partial charge is 0.229 e. The molecule has 4 nitrogen and oxygen atoms in total. The number of benzene rings is 1. The van der Waals surface area contributed by atoms with Gasteiger partial charge in [0.1, 0.15) is 5.82 Å². The minimum absolute atomic E-state index is 0.439. The van der Waals surface area contributed by atoms with Gasteiger partial charge in [0.05, 0.1) is 5.02 Å². The minimum Gasteiger partial charge on any atom is -0.350 e. The highest BCUT2D eigenvalue weighted by atomic mass is 127. The molecule has 0 saturated heterocycles. The standard InChI is InChI=1S/C17H18ClIN4/c1-3-11(2)23-8-4-5-12-10-20-17(22-16(12)23)21-13-6-7-15(19)14(18)9-13/h4-7,9-11H,3,8H2,1-2H3,(H,20,21,22). The lowest BCUT2D eigenvalue weighted by atomic mass is 10.1. The summed E-state index contributed by atoms with van der Waals surface area (Å²) in [6, 6.07) is 6.27. The van der Waals surface area contributed by atoms with Crippen LogP contribution in [0.3, 0.4) is 0 Å². The van der Waals surface area contributed by atoms with Gasteiger partial charge in [0.15, 0.2) is 0 Å². The molecule has 0 spiro atoms. The molecule has 1 N–H and O–H groups in total. The van der Waals surface area contributed by atoms with Crippen molar-refractivity contribution < 1.29 is 0 Å². The third-order valence-corrected chi connectivity index (χ3v) is 5.54. The van der Waals surface area contributed by atoms with E-state index in [1.165, 1.54) is 0 Å². The summed E-state index contributed by atoms with van der Waals surface area (Å²) in [6.45, 7) is 5.29. The predicted octanol–water partition coefficient (Wildman–Crippen LogP) is 5.11. The summed E-state index contributed by atoms with van der Waals surface area (Å²) in [7, 11) is 0. The third kappa shape index (κ3) is 3.61. The zero-order chi connectivity index (χ0) is 16.4. The van der Waals surface area contributed by atoms with Crippen LogP contribution in [0.2, 0.25) is 5.02 Å². The normalized spacial score (nSPS) is 14.5. The second-order valence-corrected chi connectivity index (χ2v) is 7.11. The van der Waals surface area contributed by atoms with E-state index in [4.69, 9.17) is 16.6 Å². The molecule has 23 heavy (non-hydrogen) atoms. The van der Waals surface area contributed by atoms with Crippen molar-refractivity contribution in [3.63, 3.8) is 0 Å². The van der Waals surface area contributed by atoms with Gasteiger partial charge in [-0.3, -0.25) is 0 Å². The third-order valence-electron chi connectivity index (χ3n) is 3.97. The molecule has 2 heterocycles. The largest absolute Gasteiger partial charge is 0.350 e. The quantitative estimate of drug-likeness (QED) is 0.671. The van der Waals surface area contributed by atoms with Gasteiger partial charge in [-0.05, 0) is 54.1 Å². The Morgan fingerprint density at radius 2 is 2.26 bits per heavy atom. The monoisotopic (exact) mass is 440 g/mol. The van der Waals surface area contributed by atoms with Gasteiger partial charge in [0.25, 0.3) is 0 Å². The minimum atomic E-state index is 0.439. The fourth-order valence-corrected chi connectivity index (χ4v) is 3.00. The zero-order valence-electron chi connectivity index (χ0n) is 13.1. The molecule has 1 aromatic carbocycles. The van der Waals surface area contributed by atoms with E-state index in [1.807, 2.05) is 24.4 Å². The molecule has 0 radical (unpaired) electrons. The molecule has 1 aromatic heterocycles. The van der Waals surface area contributed by atoms with Gasteiger partial charge in [0.2, 0.25) is 5.95 Å². The molecule has 0 fully saturated rings. The second-order valence-electron chi connectivity index (χ2n) is 5.54. The van der Waals surface area contributed by atoms with Crippen molar-refractivity contribution >= 4 is 57.7 Å². The van der Waals surface area contributed by atoms with Gasteiger partial charge in [-0.2, -0.15) is 4.98 Å². The first-order chi connectivity index (χ1) is 11.1. The Balaban J connectivity index is 1.90. The summed E-state index contributed by atoms with van der Waals surface area (Å²) in [4.78, 5) is 11.4. The van der Waals surface area contributed by atoms with Gasteiger partial charge in [-0.25, -0.2) is 4.98 Å². The van der Waals surface area contributed by atoms with Gasteiger partial charge in [-0.1, -0.05) is 30.7 Å². The van der Waals surface area contributed by atoms with Crippen LogP contribution in [0.15, 0.2) is 30.5 Å². The van der Waals surface area contributed by atoms with E-state index in [-0.39, 0.29) is 0 Å². The fraction of sp³-hybridized carbons (Fsp3) is 0.294. The van der Waals surface area contributed by atoms with Crippen LogP contribution in [0.4, 0.5) is 17.5 Å². The van der Waals surface area contributed by atoms with E-state index in [1.54, 1.807) is 0 Å². The van der Waals surface area contributed by atoms with Gasteiger partial charge < -0.3 is 10.2 Å². The summed E-state index contributed by atoms with van der Waals surface area (Å²) in [5, 5.41) is 3.96. The first-order valence-electron chi connectivity index (χ1n) is 7.60. The molecule has 1 aliphatic rings. The maximum Gasteiger partial charge on any atom is 0.229 e. The lowest BCUT2D eigenvalue weighted by molar-refractivity contribution is 0.632. The molecule has 0 bridgehead atoms. The summed E-state index contributed by atoms with van der Waals surface area (Å²) in [5.74, 6) is 1.57. The molecular weight excluding hydrogens is 423 g/mol. The molecule has 0 saturated carbocycles. The van der Waals surface area contributed by atoms with E-state index in [2.05, 4.69) is 63.8 Å². The Bertz CT molecular complexity index is 747. The molecule has 2 aromatic rings. The molecule has 6 heteroatoms. The van der Waals surface area contributed by atoms with E-state index in [0.29, 0.717) is 12.0 Å². The molecule has 1 aliphatic heterocycles. The highest BCUT2D eigenvalue weighted by Gasteiger charge is 2.20. The number of hydrogen-bond donors (Lipinski definition) is 1. The molecule has 0 amide bonds. The first kappa shape index (κ1) is 16.5. The SMILES string of the molecule is CCC(C)N1CC=Cc2cnc(Nc3ccc(I)c(Cl)c3)nc21. The first-order valence-corrected chi connectivity index (χ1v) is 9.06. The van der Waals surface area contributed by atoms with Crippen LogP contribution in [0, 0.1) is 3.57 Å². The van der Waals surface area contributed by atoms with Crippen molar-refractivity contribution in [1.29, 1.82) is 0 Å². The maximum absolute atomic E-state index is 6.17. The Labute approximate surface area is 155 Å². The molecule has 1 atom stereocenters. The highest BCUT2D eigenvalue weighted by molar-refractivity contribution is 14.1. The zero-order valence-corrected chi connectivity index (χ0v) is 16.0. The van der Waals surface area contributed by atoms with Crippen LogP contribution in [-0.2, 0) is 0 Å². The van der Waals surface area contributed by atoms with Crippen LogP contribution in [0.1, 0.15) is 25.8 Å². The van der Waals surface area contributed by atoms with E-state index in [0.717, 1.165) is 38.6 Å². The average molecular weight is 441 g/mol. The molecule has 0 aliphatic carbocycles. The number of fused-ring (bicyclic) bond motifs is 1. The Morgan fingerprint density at radius 3 is 3.00 bits per heavy atom. The van der Waals surface area contributed by atoms with Gasteiger partial charge >= 0.3 is 0 Å². The number of nitrogens with one attached hydrogen (secondary N) is 1. The molecule has 1 unspecified atom stereocenters. The van der Waals surface area contributed by atoms with Crippen molar-refractivity contribution in [3.8, 4) is 0 Å². The van der Waals surface area contributed by atoms with Gasteiger partial charge in [-0.15, -0.1) is 0 Å². The molecular formula is C17H18ClIN4. The van der Waals surface area contributed by atoms with Crippen LogP contribution < -0.4 is 10.2 Å². The van der Waals surface area contributed by atoms with E-state index in [9.17, 15) is 0 Å². The maximum atomic E-state index is 6.17. The number of hydrogen-bond acceptors (Lipinski definition) is 4. The summed E-state index contributed by atoms with van der Waals surface area (Å²) in [5.41, 5.74) is 1.94. The topological polar surface area (TPSA) is 41.1 Å². The molecule has 3 rings (SSSR count). The van der Waals surface area contributed by atoms with Crippen molar-refractivity contribution in [3.05, 3.63) is 44.6 Å². The molecule has 120 valence electrons. The summed E-state index contributed by atoms with van der Waals surface area (Å²) in [6.07, 6.45) is 7.18. The number of aromatic nitrogens is 2. The Morgan fingerprint density at radius 1 is 1.43 bits per heavy atom. The fourth-order valence-electron chi connectivity index (χ4n) is 2.48. The van der Waals surface area contributed by atoms with E-state index < -0.39 is 0 Å². The Kier molecular flexibility index (Phi) is 5.06. The van der Waals surface area contributed by atoms with Crippen LogP contribution >= 0.6 is 34.2 Å². The van der Waals surface area contributed by atoms with Crippen molar-refractivity contribution in [2.75, 3.05) is 16.8 Å². The van der Waals surface area contributed by atoms with Crippen LogP contribution in [0.25, 0.3) is 6.08 Å². The summed E-state index contributed by atoms with van der Waals surface area (Å²) < 4.78 is 1.02. The van der Waals surface area contributed by atoms with Crippen LogP contribution in [0.5, 0.6) is 0 Å². The number of nitrogens with zero attached hydrogens (tertiary/aromatic N) is 3. The van der Waals surface area contributed by atoms with E-state index >= 15 is 0 Å². The lowest BCUT2D eigenvalue weighted by Crippen LogP contribution is -2.35. The second kappa shape index (κ2) is 7.05. The lowest BCUT2D eigenvalue weighted by Gasteiger charge is -2.32. The van der Waals surface area contributed by atoms with Crippen molar-refractivity contribution in [2.24, 2.45) is 0 Å². The predicted molar refractivity (Wildman–Crippen MR) is 106 cm³/mol. The van der Waals surface area contributed by atoms with Crippen molar-refractivity contribution in [2.45, 2.75) is 26.3 Å². The van der Waals surface area contributed by atoms with Gasteiger partial charge in [0, 0.05) is 33.6 Å².